The van der Waals surface area contributed by atoms with Crippen LogP contribution in [0.3, 0.4) is 0 Å². The number of benzene rings is 1. The molecule has 27 heavy (non-hydrogen) atoms. The van der Waals surface area contributed by atoms with E-state index in [4.69, 9.17) is 44.3 Å². The first-order chi connectivity index (χ1) is 12.6. The van der Waals surface area contributed by atoms with Gasteiger partial charge in [0.15, 0.2) is 0 Å². The van der Waals surface area contributed by atoms with E-state index in [0.29, 0.717) is 5.75 Å². The van der Waals surface area contributed by atoms with Crippen molar-refractivity contribution in [2.24, 2.45) is 5.92 Å². The Morgan fingerprint density at radius 3 is 2.30 bits per heavy atom. The molecule has 1 N–H and O–H groups in total. The Morgan fingerprint density at radius 1 is 1.22 bits per heavy atom. The van der Waals surface area contributed by atoms with Crippen LogP contribution < -0.4 is 10.1 Å². The lowest BCUT2D eigenvalue weighted by molar-refractivity contribution is -0.146. The van der Waals surface area contributed by atoms with Crippen molar-refractivity contribution in [1.29, 1.82) is 0 Å². The summed E-state index contributed by atoms with van der Waals surface area (Å²) in [5.74, 6) is -2.32. The van der Waals surface area contributed by atoms with E-state index in [1.165, 1.54) is 12.0 Å². The van der Waals surface area contributed by atoms with Crippen molar-refractivity contribution in [3.63, 3.8) is 0 Å². The summed E-state index contributed by atoms with van der Waals surface area (Å²) in [5, 5.41) is 2.34. The number of nitrogens with one attached hydrogen (secondary N) is 1. The van der Waals surface area contributed by atoms with Crippen molar-refractivity contribution >= 4 is 52.6 Å². The Labute approximate surface area is 171 Å². The molecule has 0 aliphatic carbocycles. The first-order valence-corrected chi connectivity index (χ1v) is 9.13. The molecule has 1 aromatic rings. The van der Waals surface area contributed by atoms with Gasteiger partial charge in [-0.2, -0.15) is 0 Å². The summed E-state index contributed by atoms with van der Waals surface area (Å²) in [4.78, 5) is 38.5. The second kappa shape index (κ2) is 8.54. The second-order valence-electron chi connectivity index (χ2n) is 6.02. The van der Waals surface area contributed by atoms with Crippen LogP contribution in [0.15, 0.2) is 24.3 Å². The Kier molecular flexibility index (Phi) is 6.83. The number of amides is 2. The number of carbonyl (C=O) groups is 3. The summed E-state index contributed by atoms with van der Waals surface area (Å²) in [6, 6.07) is 5.64. The zero-order valence-electron chi connectivity index (χ0n) is 14.9. The first kappa shape index (κ1) is 21.6. The van der Waals surface area contributed by atoms with Crippen molar-refractivity contribution in [1.82, 2.24) is 10.2 Å². The maximum absolute atomic E-state index is 12.9. The van der Waals surface area contributed by atoms with Crippen molar-refractivity contribution in [2.45, 2.75) is 22.8 Å². The molecule has 0 aromatic heterocycles. The fraction of sp³-hybridized carbons (Fsp3) is 0.471. The predicted molar refractivity (Wildman–Crippen MR) is 101 cm³/mol. The molecule has 7 nitrogen and oxygen atoms in total. The average molecular weight is 438 g/mol. The second-order valence-corrected chi connectivity index (χ2v) is 8.30. The van der Waals surface area contributed by atoms with Gasteiger partial charge in [0, 0.05) is 6.54 Å². The van der Waals surface area contributed by atoms with Gasteiger partial charge in [0.2, 0.25) is 5.91 Å². The molecule has 1 saturated heterocycles. The van der Waals surface area contributed by atoms with Crippen molar-refractivity contribution in [2.75, 3.05) is 20.8 Å². The van der Waals surface area contributed by atoms with E-state index in [1.807, 2.05) is 19.1 Å². The van der Waals surface area contributed by atoms with Gasteiger partial charge in [-0.15, -0.1) is 0 Å². The average Bonchev–Trinajstić information content (AvgIpc) is 2.96. The number of halogens is 3. The third kappa shape index (κ3) is 4.78. The minimum Gasteiger partial charge on any atom is -0.497 e. The van der Waals surface area contributed by atoms with Crippen LogP contribution in [0.5, 0.6) is 5.75 Å². The predicted octanol–water partition coefficient (Wildman–Crippen LogP) is 2.24. The topological polar surface area (TPSA) is 84.9 Å². The lowest BCUT2D eigenvalue weighted by Crippen LogP contribution is -2.49. The summed E-state index contributed by atoms with van der Waals surface area (Å²) >= 11 is 16.7. The van der Waals surface area contributed by atoms with Gasteiger partial charge in [-0.05, 0) is 24.6 Å². The molecule has 0 spiro atoms. The number of esters is 1. The van der Waals surface area contributed by atoms with Gasteiger partial charge in [-0.1, -0.05) is 46.9 Å². The van der Waals surface area contributed by atoms with Crippen molar-refractivity contribution in [3.05, 3.63) is 29.8 Å². The van der Waals surface area contributed by atoms with Crippen LogP contribution in [0, 0.1) is 5.92 Å². The van der Waals surface area contributed by atoms with Gasteiger partial charge >= 0.3 is 5.97 Å². The highest BCUT2D eigenvalue weighted by atomic mass is 35.6. The monoisotopic (exact) mass is 436 g/mol. The number of likely N-dealkylation sites (tertiary alicyclic amines) is 1. The van der Waals surface area contributed by atoms with Crippen LogP contribution in [0.4, 0.5) is 0 Å². The molecule has 0 radical (unpaired) electrons. The van der Waals surface area contributed by atoms with Crippen molar-refractivity contribution in [3.8, 4) is 5.75 Å². The van der Waals surface area contributed by atoms with Crippen molar-refractivity contribution < 1.29 is 23.9 Å². The van der Waals surface area contributed by atoms with E-state index in [0.717, 1.165) is 5.56 Å². The largest absolute Gasteiger partial charge is 0.497 e. The zero-order chi connectivity index (χ0) is 20.4. The van der Waals surface area contributed by atoms with E-state index in [9.17, 15) is 14.4 Å². The Hall–Kier alpha value is -1.70. The molecule has 0 bridgehead atoms. The van der Waals surface area contributed by atoms with Crippen LogP contribution in [-0.2, 0) is 19.1 Å². The van der Waals surface area contributed by atoms with E-state index in [-0.39, 0.29) is 12.6 Å². The highest BCUT2D eigenvalue weighted by Gasteiger charge is 2.49. The van der Waals surface area contributed by atoms with Gasteiger partial charge in [-0.3, -0.25) is 14.4 Å². The van der Waals surface area contributed by atoms with E-state index < -0.39 is 33.5 Å². The van der Waals surface area contributed by atoms with Gasteiger partial charge in [0.25, 0.3) is 9.70 Å². The molecule has 1 heterocycles. The minimum atomic E-state index is -2.25. The third-order valence-electron chi connectivity index (χ3n) is 4.46. The molecular weight excluding hydrogens is 419 g/mol. The quantitative estimate of drug-likeness (QED) is 0.564. The highest BCUT2D eigenvalue weighted by Crippen LogP contribution is 2.32. The molecule has 2 amide bonds. The molecule has 10 heteroatoms. The number of alkyl halides is 3. The number of nitrogens with zero attached hydrogens (tertiary/aromatic N) is 1. The summed E-state index contributed by atoms with van der Waals surface area (Å²) in [7, 11) is 2.76. The Balaban J connectivity index is 2.26. The fourth-order valence-corrected chi connectivity index (χ4v) is 3.08. The Morgan fingerprint density at radius 2 is 1.81 bits per heavy atom. The molecule has 2 rings (SSSR count). The number of rotatable bonds is 5. The summed E-state index contributed by atoms with van der Waals surface area (Å²) in [6.45, 7) is 1.87. The Bertz CT molecular complexity index is 720. The minimum absolute atomic E-state index is 0.0590. The molecule has 0 unspecified atom stereocenters. The number of hydrogen-bond acceptors (Lipinski definition) is 5. The summed E-state index contributed by atoms with van der Waals surface area (Å²) in [5.41, 5.74) is 0.834. The van der Waals surface area contributed by atoms with Gasteiger partial charge < -0.3 is 19.7 Å². The smallest absolute Gasteiger partial charge is 0.313 e. The molecular formula is C17H19Cl3N2O5. The number of methoxy groups -OCH3 is 2. The SMILES string of the molecule is COC(=O)[C@H]1CN([C@@H](C)c2ccc(OC)cc2)C(=O)[C@@H]1NC(=O)C(Cl)(Cl)Cl. The molecule has 148 valence electrons. The maximum Gasteiger partial charge on any atom is 0.313 e. The fourth-order valence-electron chi connectivity index (χ4n) is 2.92. The molecule has 1 aliphatic heterocycles. The summed E-state index contributed by atoms with van der Waals surface area (Å²) < 4.78 is 7.63. The van der Waals surface area contributed by atoms with Gasteiger partial charge in [0.05, 0.1) is 20.3 Å². The molecule has 1 aliphatic rings. The number of hydrogen-bond donors (Lipinski definition) is 1. The molecule has 1 fully saturated rings. The van der Waals surface area contributed by atoms with Gasteiger partial charge in [-0.25, -0.2) is 0 Å². The third-order valence-corrected chi connectivity index (χ3v) is 4.97. The standard InChI is InChI=1S/C17H19Cl3N2O5/c1-9(10-4-6-11(26-2)7-5-10)22-8-12(15(24)27-3)13(14(22)23)21-16(25)17(18,19)20/h4-7,9,12-13H,8H2,1-3H3,(H,21,25)/t9-,12-,13+/m0/s1. The molecule has 0 saturated carbocycles. The number of carbonyl (C=O) groups excluding carboxylic acids is 3. The lowest BCUT2D eigenvalue weighted by Gasteiger charge is -2.25. The van der Waals surface area contributed by atoms with Crippen LogP contribution >= 0.6 is 34.8 Å². The van der Waals surface area contributed by atoms with Gasteiger partial charge in [0.1, 0.15) is 17.7 Å². The van der Waals surface area contributed by atoms with E-state index in [2.05, 4.69) is 5.32 Å². The van der Waals surface area contributed by atoms with Crippen LogP contribution in [-0.4, -0.2) is 53.3 Å². The van der Waals surface area contributed by atoms with E-state index in [1.54, 1.807) is 19.2 Å². The lowest BCUT2D eigenvalue weighted by atomic mass is 10.0. The maximum atomic E-state index is 12.9. The summed E-state index contributed by atoms with van der Waals surface area (Å²) in [6.07, 6.45) is 0. The van der Waals surface area contributed by atoms with Crippen LogP contribution in [0.25, 0.3) is 0 Å². The zero-order valence-corrected chi connectivity index (χ0v) is 17.1. The van der Waals surface area contributed by atoms with E-state index >= 15 is 0 Å². The first-order valence-electron chi connectivity index (χ1n) is 8.00. The molecule has 3 atom stereocenters. The number of ether oxygens (including phenoxy) is 2. The van der Waals surface area contributed by atoms with Crippen LogP contribution in [0.2, 0.25) is 0 Å². The van der Waals surface area contributed by atoms with Crippen LogP contribution in [0.1, 0.15) is 18.5 Å². The molecule has 1 aromatic carbocycles. The normalized spacial score (nSPS) is 21.0. The highest BCUT2D eigenvalue weighted by molar-refractivity contribution is 6.76.